The number of fused-ring (bicyclic) bond motifs is 1. The van der Waals surface area contributed by atoms with Crippen molar-refractivity contribution in [2.24, 2.45) is 0 Å². The van der Waals surface area contributed by atoms with Crippen molar-refractivity contribution in [3.05, 3.63) is 39.7 Å². The number of carbonyl (C=O) groups excluding carboxylic acids is 2. The maximum atomic E-state index is 12.0. The van der Waals surface area contributed by atoms with Crippen molar-refractivity contribution >= 4 is 62.9 Å². The van der Waals surface area contributed by atoms with Gasteiger partial charge in [-0.1, -0.05) is 6.07 Å². The molecular weight excluding hydrogens is 396 g/mol. The van der Waals surface area contributed by atoms with Gasteiger partial charge in [-0.3, -0.25) is 14.9 Å². The number of nitrogens with zero attached hydrogens (tertiary/aromatic N) is 2. The first kappa shape index (κ1) is 18.5. The highest BCUT2D eigenvalue weighted by Gasteiger charge is 2.28. The van der Waals surface area contributed by atoms with E-state index in [4.69, 9.17) is 0 Å². The third kappa shape index (κ3) is 2.99. The molecule has 7 nitrogen and oxygen atoms in total. The van der Waals surface area contributed by atoms with Crippen LogP contribution in [0.1, 0.15) is 12.5 Å². The van der Waals surface area contributed by atoms with Crippen LogP contribution in [0.2, 0.25) is 0 Å². The topological polar surface area (TPSA) is 104 Å². The first-order valence-corrected chi connectivity index (χ1v) is 9.11. The molecular formula is C16H13ClN4O3S2. The van der Waals surface area contributed by atoms with E-state index >= 15 is 0 Å². The number of thiophene rings is 2. The van der Waals surface area contributed by atoms with Crippen LogP contribution in [0, 0.1) is 0 Å². The number of nitrogens with one attached hydrogen (secondary N) is 2. The molecule has 0 aliphatic carbocycles. The van der Waals surface area contributed by atoms with Crippen LogP contribution in [0.5, 0.6) is 0 Å². The molecule has 0 fully saturated rings. The van der Waals surface area contributed by atoms with E-state index in [-0.39, 0.29) is 24.7 Å². The van der Waals surface area contributed by atoms with Gasteiger partial charge in [0, 0.05) is 11.1 Å². The van der Waals surface area contributed by atoms with Gasteiger partial charge in [-0.25, -0.2) is 9.97 Å². The average molecular weight is 409 g/mol. The van der Waals surface area contributed by atoms with Crippen molar-refractivity contribution in [3.63, 3.8) is 0 Å². The number of rotatable bonds is 4. The molecule has 2 amide bonds. The summed E-state index contributed by atoms with van der Waals surface area (Å²) in [6.45, 7) is 1.40. The predicted octanol–water partition coefficient (Wildman–Crippen LogP) is 2.68. The Morgan fingerprint density at radius 3 is 2.65 bits per heavy atom. The lowest BCUT2D eigenvalue weighted by atomic mass is 10.2. The number of carbonyl (C=O) groups is 2. The van der Waals surface area contributed by atoms with Gasteiger partial charge in [0.1, 0.15) is 16.3 Å². The molecule has 26 heavy (non-hydrogen) atoms. The molecule has 0 atom stereocenters. The third-order valence-electron chi connectivity index (χ3n) is 3.83. The lowest BCUT2D eigenvalue weighted by Gasteiger charge is -2.09. The normalized spacial score (nSPS) is 13.9. The van der Waals surface area contributed by atoms with E-state index in [1.54, 1.807) is 6.92 Å². The fourth-order valence-electron chi connectivity index (χ4n) is 2.54. The fraction of sp³-hybridized carbons (Fsp3) is 0.125. The van der Waals surface area contributed by atoms with Crippen LogP contribution in [0.25, 0.3) is 20.9 Å². The Kier molecular flexibility index (Phi) is 5.05. The second-order valence-electron chi connectivity index (χ2n) is 5.38. The number of hydrogen-bond acceptors (Lipinski definition) is 8. The van der Waals surface area contributed by atoms with Crippen molar-refractivity contribution in [2.75, 3.05) is 5.32 Å². The van der Waals surface area contributed by atoms with Crippen molar-refractivity contribution < 1.29 is 14.7 Å². The molecule has 0 saturated carbocycles. The van der Waals surface area contributed by atoms with Gasteiger partial charge in [-0.2, -0.15) is 0 Å². The van der Waals surface area contributed by atoms with Crippen LogP contribution < -0.4 is 10.6 Å². The molecule has 0 saturated heterocycles. The summed E-state index contributed by atoms with van der Waals surface area (Å²) in [5, 5.41) is 19.2. The Balaban J connectivity index is 0.00000196. The van der Waals surface area contributed by atoms with Crippen molar-refractivity contribution in [2.45, 2.75) is 13.5 Å². The first-order valence-electron chi connectivity index (χ1n) is 7.35. The van der Waals surface area contributed by atoms with E-state index in [1.807, 2.05) is 22.9 Å². The van der Waals surface area contributed by atoms with Gasteiger partial charge in [0.15, 0.2) is 5.82 Å². The minimum atomic E-state index is -0.493. The predicted molar refractivity (Wildman–Crippen MR) is 103 cm³/mol. The van der Waals surface area contributed by atoms with E-state index in [2.05, 4.69) is 20.6 Å². The summed E-state index contributed by atoms with van der Waals surface area (Å²) >= 11 is 2.90. The SMILES string of the molecule is CC1=C(Nc2nc(-c3cccs3)nc3scc(CO)c23)C(=O)NC1=O.Cl. The van der Waals surface area contributed by atoms with Gasteiger partial charge in [-0.15, -0.1) is 35.1 Å². The highest BCUT2D eigenvalue weighted by atomic mass is 35.5. The van der Waals surface area contributed by atoms with E-state index in [0.29, 0.717) is 33.0 Å². The smallest absolute Gasteiger partial charge is 0.275 e. The zero-order chi connectivity index (χ0) is 17.6. The summed E-state index contributed by atoms with van der Waals surface area (Å²) in [6.07, 6.45) is 0. The number of anilines is 1. The summed E-state index contributed by atoms with van der Waals surface area (Å²) in [5.74, 6) is 0.00826. The molecule has 0 bridgehead atoms. The number of hydrogen-bond donors (Lipinski definition) is 3. The molecule has 4 heterocycles. The van der Waals surface area contributed by atoms with Crippen molar-refractivity contribution in [1.29, 1.82) is 0 Å². The standard InChI is InChI=1S/C16H12N4O3S2.ClH/c1-7-11(15(23)20-14(7)22)17-13-10-8(5-21)6-25-16(10)19-12(18-13)9-3-2-4-24-9;/h2-4,6,21H,5H2,1H3,(H2,17,18,19,20,22,23);1H. The second kappa shape index (κ2) is 7.12. The monoisotopic (exact) mass is 408 g/mol. The van der Waals surface area contributed by atoms with E-state index in [9.17, 15) is 14.7 Å². The Morgan fingerprint density at radius 2 is 2.04 bits per heavy atom. The molecule has 10 heteroatoms. The summed E-state index contributed by atoms with van der Waals surface area (Å²) in [5.41, 5.74) is 1.13. The van der Waals surface area contributed by atoms with Crippen LogP contribution in [-0.4, -0.2) is 26.9 Å². The molecule has 1 aliphatic heterocycles. The summed E-state index contributed by atoms with van der Waals surface area (Å²) in [6, 6.07) is 3.82. The second-order valence-corrected chi connectivity index (χ2v) is 7.19. The Hall–Kier alpha value is -2.33. The molecule has 0 radical (unpaired) electrons. The first-order chi connectivity index (χ1) is 12.1. The van der Waals surface area contributed by atoms with E-state index < -0.39 is 11.8 Å². The maximum absolute atomic E-state index is 12.0. The lowest BCUT2D eigenvalue weighted by molar-refractivity contribution is -0.124. The van der Waals surface area contributed by atoms with E-state index in [1.165, 1.54) is 22.7 Å². The summed E-state index contributed by atoms with van der Waals surface area (Å²) in [7, 11) is 0. The van der Waals surface area contributed by atoms with Gasteiger partial charge in [0.05, 0.1) is 16.9 Å². The van der Waals surface area contributed by atoms with Gasteiger partial charge in [0.2, 0.25) is 0 Å². The van der Waals surface area contributed by atoms with Gasteiger partial charge >= 0.3 is 0 Å². The molecule has 3 aromatic heterocycles. The quantitative estimate of drug-likeness (QED) is 0.573. The highest BCUT2D eigenvalue weighted by Crippen LogP contribution is 2.34. The summed E-state index contributed by atoms with van der Waals surface area (Å²) < 4.78 is 0. The molecule has 0 unspecified atom stereocenters. The molecule has 4 rings (SSSR count). The van der Waals surface area contributed by atoms with Gasteiger partial charge in [-0.05, 0) is 23.8 Å². The van der Waals surface area contributed by atoms with Crippen molar-refractivity contribution in [3.8, 4) is 10.7 Å². The average Bonchev–Trinajstić information content (AvgIpc) is 3.31. The summed E-state index contributed by atoms with van der Waals surface area (Å²) in [4.78, 5) is 34.4. The van der Waals surface area contributed by atoms with Crippen LogP contribution in [0.4, 0.5) is 5.82 Å². The van der Waals surface area contributed by atoms with Gasteiger partial charge < -0.3 is 10.4 Å². The van der Waals surface area contributed by atoms with Gasteiger partial charge in [0.25, 0.3) is 11.8 Å². The maximum Gasteiger partial charge on any atom is 0.275 e. The molecule has 0 spiro atoms. The minimum absolute atomic E-state index is 0. The molecule has 1 aliphatic rings. The zero-order valence-corrected chi connectivity index (χ0v) is 15.8. The minimum Gasteiger partial charge on any atom is -0.392 e. The molecule has 3 N–H and O–H groups in total. The van der Waals surface area contributed by atoms with Crippen LogP contribution in [-0.2, 0) is 16.2 Å². The molecule has 134 valence electrons. The zero-order valence-electron chi connectivity index (χ0n) is 13.4. The molecule has 3 aromatic rings. The Labute approximate surface area is 162 Å². The van der Waals surface area contributed by atoms with Crippen LogP contribution >= 0.6 is 35.1 Å². The number of aromatic nitrogens is 2. The number of halogens is 1. The Bertz CT molecular complexity index is 1040. The molecule has 0 aromatic carbocycles. The third-order valence-corrected chi connectivity index (χ3v) is 5.62. The Morgan fingerprint density at radius 1 is 1.23 bits per heavy atom. The number of imide groups is 1. The number of amides is 2. The largest absolute Gasteiger partial charge is 0.392 e. The highest BCUT2D eigenvalue weighted by molar-refractivity contribution is 7.17. The fourth-order valence-corrected chi connectivity index (χ4v) is 4.12. The van der Waals surface area contributed by atoms with Crippen molar-refractivity contribution in [1.82, 2.24) is 15.3 Å². The number of aliphatic hydroxyl groups is 1. The number of aliphatic hydroxyl groups excluding tert-OH is 1. The van der Waals surface area contributed by atoms with E-state index in [0.717, 1.165) is 4.88 Å². The van der Waals surface area contributed by atoms with Crippen LogP contribution in [0.3, 0.4) is 0 Å². The van der Waals surface area contributed by atoms with Crippen LogP contribution in [0.15, 0.2) is 34.2 Å². The lowest BCUT2D eigenvalue weighted by Crippen LogP contribution is -2.24.